The number of aryl methyl sites for hydroxylation is 2. The zero-order valence-corrected chi connectivity index (χ0v) is 21.3. The summed E-state index contributed by atoms with van der Waals surface area (Å²) in [5, 5.41) is 9.91. The van der Waals surface area contributed by atoms with Gasteiger partial charge in [0, 0.05) is 16.6 Å². The Kier molecular flexibility index (Phi) is 8.90. The fourth-order valence-corrected chi connectivity index (χ4v) is 3.80. The summed E-state index contributed by atoms with van der Waals surface area (Å²) in [6.45, 7) is 6.80. The van der Waals surface area contributed by atoms with Crippen LogP contribution in [-0.4, -0.2) is 34.0 Å². The maximum Gasteiger partial charge on any atom is 0.262 e. The normalized spacial score (nSPS) is 10.7. The Balaban J connectivity index is 1.68. The SMILES string of the molecule is CCCc1n[nH]c(=S)n1NCc1cc(OCC)c(OCC(=O)Nc2ccc(C)cc2)cc1Br. The Bertz CT molecular complexity index is 1140. The van der Waals surface area contributed by atoms with E-state index in [4.69, 9.17) is 21.7 Å². The molecule has 0 bridgehead atoms. The summed E-state index contributed by atoms with van der Waals surface area (Å²) in [7, 11) is 0. The first-order chi connectivity index (χ1) is 15.9. The van der Waals surface area contributed by atoms with Crippen LogP contribution in [0.3, 0.4) is 0 Å². The molecule has 0 spiro atoms. The average Bonchev–Trinajstić information content (AvgIpc) is 3.14. The molecule has 0 radical (unpaired) electrons. The number of aromatic nitrogens is 3. The van der Waals surface area contributed by atoms with Crippen molar-refractivity contribution in [3.05, 3.63) is 62.6 Å². The number of amides is 1. The number of carbonyl (C=O) groups excluding carboxylic acids is 1. The van der Waals surface area contributed by atoms with Gasteiger partial charge in [0.05, 0.1) is 13.2 Å². The summed E-state index contributed by atoms with van der Waals surface area (Å²) < 4.78 is 14.7. The highest BCUT2D eigenvalue weighted by atomic mass is 79.9. The number of nitrogens with zero attached hydrogens (tertiary/aromatic N) is 2. The first-order valence-electron chi connectivity index (χ1n) is 10.8. The average molecular weight is 534 g/mol. The van der Waals surface area contributed by atoms with Crippen LogP contribution in [0.1, 0.15) is 37.2 Å². The van der Waals surface area contributed by atoms with Gasteiger partial charge >= 0.3 is 0 Å². The molecule has 0 saturated heterocycles. The molecule has 3 N–H and O–H groups in total. The van der Waals surface area contributed by atoms with E-state index >= 15 is 0 Å². The summed E-state index contributed by atoms with van der Waals surface area (Å²) >= 11 is 8.92. The van der Waals surface area contributed by atoms with Gasteiger partial charge in [-0.2, -0.15) is 5.10 Å². The van der Waals surface area contributed by atoms with Gasteiger partial charge in [0.15, 0.2) is 23.9 Å². The molecule has 1 heterocycles. The molecule has 0 aliphatic carbocycles. The van der Waals surface area contributed by atoms with Gasteiger partial charge in [-0.25, -0.2) is 4.68 Å². The standard InChI is InChI=1S/C23H28BrN5O3S/c1-4-6-21-27-28-23(33)29(21)25-13-16-11-19(31-5-2)20(12-18(16)24)32-14-22(30)26-17-9-7-15(3)8-10-17/h7-12,25H,4-6,13-14H2,1-3H3,(H,26,30)(H,28,33). The number of carbonyl (C=O) groups is 1. The van der Waals surface area contributed by atoms with Crippen LogP contribution in [0.2, 0.25) is 0 Å². The van der Waals surface area contributed by atoms with E-state index in [9.17, 15) is 4.79 Å². The van der Waals surface area contributed by atoms with Crippen LogP contribution < -0.4 is 20.2 Å². The summed E-state index contributed by atoms with van der Waals surface area (Å²) in [4.78, 5) is 12.3. The van der Waals surface area contributed by atoms with E-state index in [0.29, 0.717) is 29.4 Å². The van der Waals surface area contributed by atoms with Crippen molar-refractivity contribution in [2.24, 2.45) is 0 Å². The van der Waals surface area contributed by atoms with Gasteiger partial charge < -0.3 is 20.2 Å². The second-order valence-electron chi connectivity index (χ2n) is 7.39. The lowest BCUT2D eigenvalue weighted by atomic mass is 10.2. The minimum absolute atomic E-state index is 0.136. The lowest BCUT2D eigenvalue weighted by molar-refractivity contribution is -0.118. The predicted octanol–water partition coefficient (Wildman–Crippen LogP) is 5.12. The van der Waals surface area contributed by atoms with Crippen LogP contribution in [0.4, 0.5) is 5.69 Å². The van der Waals surface area contributed by atoms with E-state index in [1.807, 2.05) is 50.2 Å². The number of anilines is 1. The number of hydrogen-bond acceptors (Lipinski definition) is 6. The van der Waals surface area contributed by atoms with Crippen molar-refractivity contribution in [2.45, 2.75) is 40.2 Å². The fraction of sp³-hybridized carbons (Fsp3) is 0.348. The second-order valence-corrected chi connectivity index (χ2v) is 8.63. The van der Waals surface area contributed by atoms with Crippen molar-refractivity contribution in [1.82, 2.24) is 14.9 Å². The summed E-state index contributed by atoms with van der Waals surface area (Å²) in [5.41, 5.74) is 6.10. The van der Waals surface area contributed by atoms with Crippen LogP contribution in [0, 0.1) is 11.7 Å². The van der Waals surface area contributed by atoms with Gasteiger partial charge in [-0.1, -0.05) is 40.5 Å². The maximum atomic E-state index is 12.3. The molecular formula is C23H28BrN5O3S. The number of benzene rings is 2. The molecule has 33 heavy (non-hydrogen) atoms. The molecule has 176 valence electrons. The summed E-state index contributed by atoms with van der Waals surface area (Å²) in [6, 6.07) is 11.3. The third-order valence-electron chi connectivity index (χ3n) is 4.75. The van der Waals surface area contributed by atoms with E-state index in [1.54, 1.807) is 4.68 Å². The van der Waals surface area contributed by atoms with Crippen molar-refractivity contribution in [1.29, 1.82) is 0 Å². The maximum absolute atomic E-state index is 12.3. The Morgan fingerprint density at radius 2 is 1.91 bits per heavy atom. The topological polar surface area (TPSA) is 93.2 Å². The second kappa shape index (κ2) is 11.9. The highest BCUT2D eigenvalue weighted by Gasteiger charge is 2.14. The lowest BCUT2D eigenvalue weighted by Gasteiger charge is -2.16. The zero-order valence-electron chi connectivity index (χ0n) is 18.9. The number of ether oxygens (including phenoxy) is 2. The first-order valence-corrected chi connectivity index (χ1v) is 12.0. The van der Waals surface area contributed by atoms with E-state index in [2.05, 4.69) is 43.8 Å². The van der Waals surface area contributed by atoms with Gasteiger partial charge in [0.2, 0.25) is 4.77 Å². The van der Waals surface area contributed by atoms with Crippen LogP contribution in [-0.2, 0) is 17.8 Å². The monoisotopic (exact) mass is 533 g/mol. The van der Waals surface area contributed by atoms with Crippen molar-refractivity contribution in [2.75, 3.05) is 24.0 Å². The molecule has 0 saturated carbocycles. The predicted molar refractivity (Wildman–Crippen MR) is 135 cm³/mol. The first kappa shape index (κ1) is 24.8. The van der Waals surface area contributed by atoms with Crippen LogP contribution in [0.25, 0.3) is 0 Å². The summed E-state index contributed by atoms with van der Waals surface area (Å²) in [5.74, 6) is 1.65. The molecule has 0 unspecified atom stereocenters. The molecule has 1 amide bonds. The molecule has 1 aromatic heterocycles. The molecule has 3 aromatic rings. The third kappa shape index (κ3) is 6.82. The van der Waals surface area contributed by atoms with Crippen LogP contribution in [0.5, 0.6) is 11.5 Å². The molecule has 0 aliphatic heterocycles. The van der Waals surface area contributed by atoms with Crippen molar-refractivity contribution in [3.63, 3.8) is 0 Å². The Morgan fingerprint density at radius 3 is 2.61 bits per heavy atom. The fourth-order valence-electron chi connectivity index (χ4n) is 3.12. The van der Waals surface area contributed by atoms with Crippen LogP contribution >= 0.6 is 28.1 Å². The van der Waals surface area contributed by atoms with Crippen molar-refractivity contribution >= 4 is 39.7 Å². The Morgan fingerprint density at radius 1 is 1.18 bits per heavy atom. The highest BCUT2D eigenvalue weighted by Crippen LogP contribution is 2.34. The van der Waals surface area contributed by atoms with E-state index < -0.39 is 0 Å². The summed E-state index contributed by atoms with van der Waals surface area (Å²) in [6.07, 6.45) is 1.77. The van der Waals surface area contributed by atoms with Gasteiger partial charge in [-0.3, -0.25) is 9.89 Å². The number of H-pyrrole nitrogens is 1. The number of nitrogens with one attached hydrogen (secondary N) is 3. The van der Waals surface area contributed by atoms with Gasteiger partial charge in [-0.05, 0) is 62.3 Å². The minimum atomic E-state index is -0.249. The van der Waals surface area contributed by atoms with E-state index in [-0.39, 0.29) is 12.5 Å². The van der Waals surface area contributed by atoms with E-state index in [1.165, 1.54) is 0 Å². The minimum Gasteiger partial charge on any atom is -0.490 e. The number of hydrogen-bond donors (Lipinski definition) is 3. The highest BCUT2D eigenvalue weighted by molar-refractivity contribution is 9.10. The zero-order chi connectivity index (χ0) is 23.8. The Labute approximate surface area is 206 Å². The van der Waals surface area contributed by atoms with Crippen molar-refractivity contribution < 1.29 is 14.3 Å². The van der Waals surface area contributed by atoms with Gasteiger partial charge in [0.1, 0.15) is 0 Å². The molecule has 0 aliphatic rings. The van der Waals surface area contributed by atoms with Gasteiger partial charge in [-0.15, -0.1) is 0 Å². The molecule has 2 aromatic carbocycles. The third-order valence-corrected chi connectivity index (χ3v) is 5.76. The number of rotatable bonds is 11. The number of aromatic amines is 1. The van der Waals surface area contributed by atoms with Crippen molar-refractivity contribution in [3.8, 4) is 11.5 Å². The quantitative estimate of drug-likeness (QED) is 0.296. The molecule has 3 rings (SSSR count). The largest absolute Gasteiger partial charge is 0.490 e. The lowest BCUT2D eigenvalue weighted by Crippen LogP contribution is -2.20. The smallest absolute Gasteiger partial charge is 0.262 e. The Hall–Kier alpha value is -2.85. The van der Waals surface area contributed by atoms with Gasteiger partial charge in [0.25, 0.3) is 5.91 Å². The molecule has 0 atom stereocenters. The number of halogens is 1. The molecular weight excluding hydrogens is 506 g/mol. The van der Waals surface area contributed by atoms with Crippen LogP contribution in [0.15, 0.2) is 40.9 Å². The molecule has 10 heteroatoms. The van der Waals surface area contributed by atoms with E-state index in [0.717, 1.165) is 40.0 Å². The molecule has 8 nitrogen and oxygen atoms in total. The molecule has 0 fully saturated rings.